The van der Waals surface area contributed by atoms with E-state index < -0.39 is 0 Å². The van der Waals surface area contributed by atoms with E-state index >= 15 is 0 Å². The smallest absolute Gasteiger partial charge is 0.253 e. The van der Waals surface area contributed by atoms with E-state index in [2.05, 4.69) is 10.0 Å². The zero-order chi connectivity index (χ0) is 17.8. The molecule has 0 N–H and O–H groups in total. The Labute approximate surface area is 141 Å². The lowest BCUT2D eigenvalue weighted by atomic mass is 9.95. The number of hydrogen-bond donors (Lipinski definition) is 0. The maximum absolute atomic E-state index is 11.3. The number of hydrogen-bond acceptors (Lipinski definition) is 6. The minimum atomic E-state index is -0.305. The van der Waals surface area contributed by atoms with Crippen LogP contribution in [0.4, 0.5) is 0 Å². The third-order valence-electron chi connectivity index (χ3n) is 3.16. The highest BCUT2D eigenvalue weighted by Crippen LogP contribution is 2.15. The fourth-order valence-electron chi connectivity index (χ4n) is 1.86. The third kappa shape index (κ3) is 8.07. The molecule has 1 aliphatic heterocycles. The second kappa shape index (κ2) is 10.8. The first-order valence-corrected chi connectivity index (χ1v) is 7.74. The Balaban J connectivity index is 1.91. The molecule has 0 spiro atoms. The molecule has 0 aromatic heterocycles. The molecule has 9 heteroatoms. The average Bonchev–Trinajstić information content (AvgIpc) is 2.86. The van der Waals surface area contributed by atoms with Crippen molar-refractivity contribution < 1.29 is 23.8 Å². The molecule has 1 rings (SSSR count). The Hall–Kier alpha value is -1.93. The lowest BCUT2D eigenvalue weighted by Gasteiger charge is -2.21. The van der Waals surface area contributed by atoms with Gasteiger partial charge in [-0.2, -0.15) is 0 Å². The summed E-state index contributed by atoms with van der Waals surface area (Å²) in [6, 6.07) is 0. The molecule has 0 atom stereocenters. The van der Waals surface area contributed by atoms with E-state index in [-0.39, 0.29) is 30.4 Å². The lowest BCUT2D eigenvalue weighted by molar-refractivity contribution is -0.137. The summed E-state index contributed by atoms with van der Waals surface area (Å²) in [4.78, 5) is 26.4. The van der Waals surface area contributed by atoms with E-state index in [1.54, 1.807) is 0 Å². The normalized spacial score (nSPS) is 14.3. The average molecular weight is 340 g/mol. The fourth-order valence-corrected chi connectivity index (χ4v) is 1.86. The summed E-state index contributed by atoms with van der Waals surface area (Å²) >= 11 is 0. The van der Waals surface area contributed by atoms with Gasteiger partial charge >= 0.3 is 0 Å². The standard InChI is InChI=1S/C15H24N4O5/c1-15(2,11-17-18-16)12-24-10-9-23-8-7-22-6-5-19-13(20)3-4-14(19)21/h3-4H,5-12H2,1-2H3. The summed E-state index contributed by atoms with van der Waals surface area (Å²) in [5.41, 5.74) is 8.09. The Morgan fingerprint density at radius 3 is 2.17 bits per heavy atom. The van der Waals surface area contributed by atoms with Crippen LogP contribution in [-0.4, -0.2) is 69.4 Å². The molecule has 1 aliphatic rings. The number of carbonyl (C=O) groups is 2. The maximum atomic E-state index is 11.3. The van der Waals surface area contributed by atoms with Gasteiger partial charge in [0.15, 0.2) is 0 Å². The van der Waals surface area contributed by atoms with Gasteiger partial charge in [0.25, 0.3) is 11.8 Å². The van der Waals surface area contributed by atoms with Gasteiger partial charge in [0.2, 0.25) is 0 Å². The maximum Gasteiger partial charge on any atom is 0.253 e. The summed E-state index contributed by atoms with van der Waals surface area (Å²) in [5, 5.41) is 3.54. The Bertz CT molecular complexity index is 482. The zero-order valence-electron chi connectivity index (χ0n) is 14.1. The second-order valence-electron chi connectivity index (χ2n) is 5.99. The van der Waals surface area contributed by atoms with Gasteiger partial charge in [-0.05, 0) is 10.9 Å². The first-order chi connectivity index (χ1) is 11.5. The molecular formula is C15H24N4O5. The number of ether oxygens (including phenoxy) is 3. The van der Waals surface area contributed by atoms with Gasteiger partial charge < -0.3 is 14.2 Å². The van der Waals surface area contributed by atoms with Gasteiger partial charge in [-0.1, -0.05) is 19.0 Å². The van der Waals surface area contributed by atoms with Crippen LogP contribution in [0.3, 0.4) is 0 Å². The Morgan fingerprint density at radius 2 is 1.58 bits per heavy atom. The Morgan fingerprint density at radius 1 is 1.04 bits per heavy atom. The molecule has 0 saturated heterocycles. The SMILES string of the molecule is CC(C)(CN=[N+]=[N-])COCCOCCOCCN1C(=O)C=CC1=O. The number of imide groups is 1. The van der Waals surface area contributed by atoms with Crippen molar-refractivity contribution in [3.8, 4) is 0 Å². The van der Waals surface area contributed by atoms with E-state index in [0.29, 0.717) is 39.6 Å². The van der Waals surface area contributed by atoms with Crippen LogP contribution in [-0.2, 0) is 23.8 Å². The van der Waals surface area contributed by atoms with E-state index in [1.807, 2.05) is 13.8 Å². The number of azide groups is 1. The summed E-state index contributed by atoms with van der Waals surface area (Å²) in [5.74, 6) is -0.610. The molecule has 0 bridgehead atoms. The molecule has 0 radical (unpaired) electrons. The molecule has 2 amide bonds. The van der Waals surface area contributed by atoms with Gasteiger partial charge in [-0.3, -0.25) is 14.5 Å². The van der Waals surface area contributed by atoms with Crippen molar-refractivity contribution in [1.82, 2.24) is 4.90 Å². The topological polar surface area (TPSA) is 114 Å². The summed E-state index contributed by atoms with van der Waals surface area (Å²) in [6.07, 6.45) is 2.50. The van der Waals surface area contributed by atoms with Crippen LogP contribution in [0.5, 0.6) is 0 Å². The monoisotopic (exact) mass is 340 g/mol. The predicted molar refractivity (Wildman–Crippen MR) is 86.1 cm³/mol. The number of rotatable bonds is 13. The highest BCUT2D eigenvalue weighted by Gasteiger charge is 2.22. The molecule has 0 aromatic carbocycles. The van der Waals surface area contributed by atoms with Gasteiger partial charge in [0.05, 0.1) is 46.2 Å². The molecule has 0 saturated carbocycles. The highest BCUT2D eigenvalue weighted by atomic mass is 16.5. The van der Waals surface area contributed by atoms with Gasteiger partial charge in [-0.25, -0.2) is 0 Å². The van der Waals surface area contributed by atoms with Gasteiger partial charge in [-0.15, -0.1) is 0 Å². The van der Waals surface area contributed by atoms with E-state index in [4.69, 9.17) is 19.7 Å². The van der Waals surface area contributed by atoms with Crippen LogP contribution >= 0.6 is 0 Å². The van der Waals surface area contributed by atoms with Crippen molar-refractivity contribution in [2.75, 3.05) is 52.7 Å². The van der Waals surface area contributed by atoms with Gasteiger partial charge in [0.1, 0.15) is 0 Å². The molecule has 24 heavy (non-hydrogen) atoms. The minimum absolute atomic E-state index is 0.200. The predicted octanol–water partition coefficient (Wildman–Crippen LogP) is 1.30. The van der Waals surface area contributed by atoms with E-state index in [1.165, 1.54) is 12.2 Å². The molecule has 0 unspecified atom stereocenters. The minimum Gasteiger partial charge on any atom is -0.379 e. The van der Waals surface area contributed by atoms with Crippen molar-refractivity contribution in [2.45, 2.75) is 13.8 Å². The molecule has 0 fully saturated rings. The fraction of sp³-hybridized carbons (Fsp3) is 0.733. The molecule has 1 heterocycles. The first-order valence-electron chi connectivity index (χ1n) is 7.74. The second-order valence-corrected chi connectivity index (χ2v) is 5.99. The first kappa shape index (κ1) is 20.1. The Kier molecular flexibility index (Phi) is 9.03. The zero-order valence-corrected chi connectivity index (χ0v) is 14.1. The van der Waals surface area contributed by atoms with Crippen LogP contribution < -0.4 is 0 Å². The van der Waals surface area contributed by atoms with E-state index in [0.717, 1.165) is 4.90 Å². The quantitative estimate of drug-likeness (QED) is 0.165. The molecule has 9 nitrogen and oxygen atoms in total. The van der Waals surface area contributed by atoms with Crippen LogP contribution in [0.2, 0.25) is 0 Å². The molecular weight excluding hydrogens is 316 g/mol. The van der Waals surface area contributed by atoms with E-state index in [9.17, 15) is 9.59 Å². The van der Waals surface area contributed by atoms with Crippen LogP contribution in [0.15, 0.2) is 17.3 Å². The van der Waals surface area contributed by atoms with Crippen LogP contribution in [0.1, 0.15) is 13.8 Å². The largest absolute Gasteiger partial charge is 0.379 e. The highest BCUT2D eigenvalue weighted by molar-refractivity contribution is 6.12. The third-order valence-corrected chi connectivity index (χ3v) is 3.16. The lowest BCUT2D eigenvalue weighted by Crippen LogP contribution is -2.33. The van der Waals surface area contributed by atoms with Crippen LogP contribution in [0.25, 0.3) is 10.4 Å². The number of amides is 2. The van der Waals surface area contributed by atoms with Crippen LogP contribution in [0, 0.1) is 5.41 Å². The van der Waals surface area contributed by atoms with Gasteiger partial charge in [0, 0.05) is 23.6 Å². The van der Waals surface area contributed by atoms with Crippen molar-refractivity contribution in [2.24, 2.45) is 10.5 Å². The van der Waals surface area contributed by atoms with Crippen molar-refractivity contribution in [1.29, 1.82) is 0 Å². The summed E-state index contributed by atoms with van der Waals surface area (Å²) in [7, 11) is 0. The summed E-state index contributed by atoms with van der Waals surface area (Å²) in [6.45, 7) is 6.99. The molecule has 0 aliphatic carbocycles. The van der Waals surface area contributed by atoms with Crippen molar-refractivity contribution in [3.05, 3.63) is 22.6 Å². The summed E-state index contributed by atoms with van der Waals surface area (Å²) < 4.78 is 16.1. The number of nitrogens with zero attached hydrogens (tertiary/aromatic N) is 4. The van der Waals surface area contributed by atoms with Crippen molar-refractivity contribution in [3.63, 3.8) is 0 Å². The molecule has 0 aromatic rings. The van der Waals surface area contributed by atoms with Crippen molar-refractivity contribution >= 4 is 11.8 Å². The number of carbonyl (C=O) groups excluding carboxylic acids is 2. The molecule has 134 valence electrons.